The Morgan fingerprint density at radius 1 is 1.07 bits per heavy atom. The zero-order valence-electron chi connectivity index (χ0n) is 18.1. The van der Waals surface area contributed by atoms with Crippen molar-refractivity contribution in [2.75, 3.05) is 37.6 Å². The van der Waals surface area contributed by atoms with Crippen molar-refractivity contribution in [1.29, 1.82) is 0 Å². The number of carbonyl (C=O) groups is 1. The molecule has 0 unspecified atom stereocenters. The first-order chi connectivity index (χ1) is 14.6. The van der Waals surface area contributed by atoms with E-state index in [1.807, 2.05) is 48.0 Å². The van der Waals surface area contributed by atoms with Crippen molar-refractivity contribution in [2.45, 2.75) is 27.2 Å². The first-order valence-electron chi connectivity index (χ1n) is 10.9. The maximum atomic E-state index is 12.7. The molecule has 4 rings (SSSR count). The normalized spacial score (nSPS) is 15.7. The number of pyridine rings is 1. The number of allylic oxidation sites excluding steroid dienone is 1. The average Bonchev–Trinajstić information content (AvgIpc) is 3.21. The molecule has 2 aromatic heterocycles. The monoisotopic (exact) mass is 402 g/mol. The standard InChI is InChI=1S/C25H30N4O/c1-4-25(30)23(24-18-22-8-6-7-11-29(22)26-24)17-20-9-10-21(16-19(20)3)28-14-12-27(5-2)13-15-28/h6-11,16-18H,4-5,12-15H2,1-3H3/b23-17-. The second-order valence-corrected chi connectivity index (χ2v) is 7.90. The Hall–Kier alpha value is -2.92. The summed E-state index contributed by atoms with van der Waals surface area (Å²) in [6.45, 7) is 11.7. The summed E-state index contributed by atoms with van der Waals surface area (Å²) < 4.78 is 1.82. The van der Waals surface area contributed by atoms with Crippen LogP contribution in [-0.2, 0) is 4.79 Å². The van der Waals surface area contributed by atoms with Crippen molar-refractivity contribution in [3.63, 3.8) is 0 Å². The number of ketones is 1. The number of hydrogen-bond donors (Lipinski definition) is 0. The molecule has 0 N–H and O–H groups in total. The van der Waals surface area contributed by atoms with Crippen LogP contribution in [0.4, 0.5) is 5.69 Å². The number of aryl methyl sites for hydroxylation is 1. The molecule has 3 aromatic rings. The second kappa shape index (κ2) is 8.84. The van der Waals surface area contributed by atoms with Gasteiger partial charge in [0.2, 0.25) is 0 Å². The summed E-state index contributed by atoms with van der Waals surface area (Å²) in [6, 6.07) is 14.5. The molecule has 156 valence electrons. The van der Waals surface area contributed by atoms with Gasteiger partial charge in [0.25, 0.3) is 0 Å². The number of aromatic nitrogens is 2. The van der Waals surface area contributed by atoms with Gasteiger partial charge in [0.05, 0.1) is 11.2 Å². The van der Waals surface area contributed by atoms with Crippen molar-refractivity contribution in [3.8, 4) is 0 Å². The van der Waals surface area contributed by atoms with Crippen molar-refractivity contribution >= 4 is 28.6 Å². The summed E-state index contributed by atoms with van der Waals surface area (Å²) in [7, 11) is 0. The van der Waals surface area contributed by atoms with Crippen LogP contribution in [0.5, 0.6) is 0 Å². The van der Waals surface area contributed by atoms with Gasteiger partial charge in [-0.25, -0.2) is 4.52 Å². The summed E-state index contributed by atoms with van der Waals surface area (Å²) in [5.41, 5.74) is 5.90. The molecule has 0 bridgehead atoms. The first-order valence-corrected chi connectivity index (χ1v) is 10.9. The fourth-order valence-electron chi connectivity index (χ4n) is 4.05. The van der Waals surface area contributed by atoms with Crippen LogP contribution < -0.4 is 4.90 Å². The number of rotatable bonds is 6. The summed E-state index contributed by atoms with van der Waals surface area (Å²) in [5, 5.41) is 4.63. The maximum absolute atomic E-state index is 12.7. The molecule has 5 nitrogen and oxygen atoms in total. The quantitative estimate of drug-likeness (QED) is 0.576. The minimum atomic E-state index is 0.109. The van der Waals surface area contributed by atoms with Gasteiger partial charge in [-0.15, -0.1) is 0 Å². The van der Waals surface area contributed by atoms with Gasteiger partial charge in [-0.2, -0.15) is 5.10 Å². The largest absolute Gasteiger partial charge is 0.369 e. The van der Waals surface area contributed by atoms with Gasteiger partial charge >= 0.3 is 0 Å². The summed E-state index contributed by atoms with van der Waals surface area (Å²) in [4.78, 5) is 17.7. The zero-order chi connectivity index (χ0) is 21.1. The van der Waals surface area contributed by atoms with Gasteiger partial charge in [-0.3, -0.25) is 4.79 Å². The number of benzene rings is 1. The van der Waals surface area contributed by atoms with E-state index in [2.05, 4.69) is 46.9 Å². The number of fused-ring (bicyclic) bond motifs is 1. The van der Waals surface area contributed by atoms with E-state index in [0.717, 1.165) is 49.5 Å². The summed E-state index contributed by atoms with van der Waals surface area (Å²) >= 11 is 0. The number of Topliss-reactive ketones (excluding diaryl/α,β-unsaturated/α-hetero) is 1. The summed E-state index contributed by atoms with van der Waals surface area (Å²) in [6.07, 6.45) is 4.37. The zero-order valence-corrected chi connectivity index (χ0v) is 18.1. The molecule has 1 saturated heterocycles. The van der Waals surface area contributed by atoms with Crippen LogP contribution in [0, 0.1) is 6.92 Å². The molecule has 0 atom stereocenters. The van der Waals surface area contributed by atoms with E-state index in [9.17, 15) is 4.79 Å². The predicted molar refractivity (Wildman–Crippen MR) is 124 cm³/mol. The van der Waals surface area contributed by atoms with Gasteiger partial charge in [0.1, 0.15) is 0 Å². The summed E-state index contributed by atoms with van der Waals surface area (Å²) in [5.74, 6) is 0.109. The van der Waals surface area contributed by atoms with Crippen molar-refractivity contribution in [2.24, 2.45) is 0 Å². The highest BCUT2D eigenvalue weighted by Gasteiger charge is 2.18. The lowest BCUT2D eigenvalue weighted by atomic mass is 9.99. The van der Waals surface area contributed by atoms with Crippen LogP contribution in [0.25, 0.3) is 17.2 Å². The Balaban J connectivity index is 1.64. The van der Waals surface area contributed by atoms with E-state index < -0.39 is 0 Å². The molecule has 3 heterocycles. The number of likely N-dealkylation sites (N-methyl/N-ethyl adjacent to an activating group) is 1. The third kappa shape index (κ3) is 4.17. The van der Waals surface area contributed by atoms with E-state index in [4.69, 9.17) is 0 Å². The molecule has 0 spiro atoms. The molecule has 1 aliphatic heterocycles. The molecule has 0 saturated carbocycles. The molecule has 0 aliphatic carbocycles. The molecule has 1 aromatic carbocycles. The number of hydrogen-bond acceptors (Lipinski definition) is 4. The van der Waals surface area contributed by atoms with Crippen LogP contribution in [0.1, 0.15) is 37.1 Å². The van der Waals surface area contributed by atoms with E-state index in [0.29, 0.717) is 12.0 Å². The third-order valence-electron chi connectivity index (χ3n) is 6.01. The minimum Gasteiger partial charge on any atom is -0.369 e. The highest BCUT2D eigenvalue weighted by Crippen LogP contribution is 2.26. The molecular formula is C25H30N4O. The topological polar surface area (TPSA) is 40.9 Å². The number of piperazine rings is 1. The Bertz CT molecular complexity index is 1040. The van der Waals surface area contributed by atoms with E-state index in [1.165, 1.54) is 11.3 Å². The van der Waals surface area contributed by atoms with Crippen LogP contribution >= 0.6 is 0 Å². The molecule has 0 radical (unpaired) electrons. The van der Waals surface area contributed by atoms with E-state index >= 15 is 0 Å². The van der Waals surface area contributed by atoms with Gasteiger partial charge in [-0.1, -0.05) is 26.0 Å². The molecule has 30 heavy (non-hydrogen) atoms. The number of nitrogens with zero attached hydrogens (tertiary/aromatic N) is 4. The van der Waals surface area contributed by atoms with E-state index in [-0.39, 0.29) is 5.78 Å². The molecular weight excluding hydrogens is 372 g/mol. The fourth-order valence-corrected chi connectivity index (χ4v) is 4.05. The van der Waals surface area contributed by atoms with Crippen LogP contribution in [0.2, 0.25) is 0 Å². The van der Waals surface area contributed by atoms with Crippen LogP contribution in [0.15, 0.2) is 48.7 Å². The van der Waals surface area contributed by atoms with Crippen molar-refractivity contribution in [1.82, 2.24) is 14.5 Å². The minimum absolute atomic E-state index is 0.109. The van der Waals surface area contributed by atoms with Crippen molar-refractivity contribution < 1.29 is 4.79 Å². The maximum Gasteiger partial charge on any atom is 0.164 e. The smallest absolute Gasteiger partial charge is 0.164 e. The van der Waals surface area contributed by atoms with Gasteiger partial charge in [-0.05, 0) is 61.0 Å². The Morgan fingerprint density at radius 2 is 1.87 bits per heavy atom. The highest BCUT2D eigenvalue weighted by atomic mass is 16.1. The van der Waals surface area contributed by atoms with Crippen LogP contribution in [0.3, 0.4) is 0 Å². The Kier molecular flexibility index (Phi) is 6.00. The number of carbonyl (C=O) groups excluding carboxylic acids is 1. The predicted octanol–water partition coefficient (Wildman–Crippen LogP) is 4.30. The van der Waals surface area contributed by atoms with E-state index in [1.54, 1.807) is 0 Å². The fraction of sp³-hybridized carbons (Fsp3) is 0.360. The van der Waals surface area contributed by atoms with Crippen molar-refractivity contribution in [3.05, 3.63) is 65.5 Å². The van der Waals surface area contributed by atoms with Crippen LogP contribution in [-0.4, -0.2) is 53.0 Å². The lowest BCUT2D eigenvalue weighted by Crippen LogP contribution is -2.46. The Labute approximate surface area is 178 Å². The first kappa shape index (κ1) is 20.4. The average molecular weight is 403 g/mol. The van der Waals surface area contributed by atoms with Gasteiger partial charge < -0.3 is 9.80 Å². The second-order valence-electron chi connectivity index (χ2n) is 7.90. The molecule has 5 heteroatoms. The number of anilines is 1. The van der Waals surface area contributed by atoms with Gasteiger partial charge in [0.15, 0.2) is 5.78 Å². The molecule has 1 fully saturated rings. The highest BCUT2D eigenvalue weighted by molar-refractivity contribution is 6.24. The Morgan fingerprint density at radius 3 is 2.53 bits per heavy atom. The molecule has 0 amide bonds. The SMILES string of the molecule is CCC(=O)/C(=C\c1ccc(N2CCN(CC)CC2)cc1C)c1cc2ccccn2n1. The third-order valence-corrected chi connectivity index (χ3v) is 6.01. The lowest BCUT2D eigenvalue weighted by molar-refractivity contribution is -0.113. The molecule has 1 aliphatic rings. The lowest BCUT2D eigenvalue weighted by Gasteiger charge is -2.35. The van der Waals surface area contributed by atoms with Gasteiger partial charge in [0, 0.05) is 50.1 Å².